The molecule has 2 aromatic rings. The van der Waals surface area contributed by atoms with E-state index in [9.17, 15) is 0 Å². The summed E-state index contributed by atoms with van der Waals surface area (Å²) in [5.41, 5.74) is 4.62. The van der Waals surface area contributed by atoms with E-state index in [1.165, 1.54) is 11.3 Å². The molecule has 0 aromatic carbocycles. The van der Waals surface area contributed by atoms with Gasteiger partial charge in [-0.2, -0.15) is 5.10 Å². The zero-order valence-electron chi connectivity index (χ0n) is 13.8. The highest BCUT2D eigenvalue weighted by Crippen LogP contribution is 2.28. The summed E-state index contributed by atoms with van der Waals surface area (Å²) in [7, 11) is 4.01. The summed E-state index contributed by atoms with van der Waals surface area (Å²) in [6.45, 7) is 9.39. The SMILES string of the molecule is CCn1nc(C)c(C(C)Nc2cccnc2N(C)C)c1C. The summed E-state index contributed by atoms with van der Waals surface area (Å²) in [4.78, 5) is 6.45. The quantitative estimate of drug-likeness (QED) is 0.917. The third-order valence-corrected chi connectivity index (χ3v) is 3.75. The van der Waals surface area contributed by atoms with E-state index in [0.29, 0.717) is 0 Å². The summed E-state index contributed by atoms with van der Waals surface area (Å²) in [5, 5.41) is 8.17. The Labute approximate surface area is 127 Å². The predicted octanol–water partition coefficient (Wildman–Crippen LogP) is 3.15. The Morgan fingerprint density at radius 1 is 1.33 bits per heavy atom. The molecule has 0 saturated heterocycles. The van der Waals surface area contributed by atoms with Crippen molar-refractivity contribution in [3.8, 4) is 0 Å². The van der Waals surface area contributed by atoms with Crippen molar-refractivity contribution in [1.82, 2.24) is 14.8 Å². The van der Waals surface area contributed by atoms with Crippen molar-refractivity contribution in [1.29, 1.82) is 0 Å². The second-order valence-electron chi connectivity index (χ2n) is 5.54. The van der Waals surface area contributed by atoms with Gasteiger partial charge in [0.1, 0.15) is 0 Å². The maximum absolute atomic E-state index is 4.60. The van der Waals surface area contributed by atoms with Gasteiger partial charge in [-0.1, -0.05) is 0 Å². The highest BCUT2D eigenvalue weighted by atomic mass is 15.3. The molecule has 1 N–H and O–H groups in total. The van der Waals surface area contributed by atoms with Crippen LogP contribution in [0.4, 0.5) is 11.5 Å². The van der Waals surface area contributed by atoms with Gasteiger partial charge in [0.25, 0.3) is 0 Å². The molecule has 114 valence electrons. The normalized spacial score (nSPS) is 12.3. The molecular weight excluding hydrogens is 262 g/mol. The fourth-order valence-corrected chi connectivity index (χ4v) is 2.82. The van der Waals surface area contributed by atoms with Gasteiger partial charge in [-0.25, -0.2) is 4.98 Å². The number of aryl methyl sites for hydroxylation is 2. The third-order valence-electron chi connectivity index (χ3n) is 3.75. The topological polar surface area (TPSA) is 46.0 Å². The molecule has 0 saturated carbocycles. The Balaban J connectivity index is 2.31. The molecular formula is C16H25N5. The molecule has 2 aromatic heterocycles. The van der Waals surface area contributed by atoms with E-state index < -0.39 is 0 Å². The summed E-state index contributed by atoms with van der Waals surface area (Å²) < 4.78 is 2.05. The highest BCUT2D eigenvalue weighted by Gasteiger charge is 2.18. The minimum Gasteiger partial charge on any atom is -0.375 e. The van der Waals surface area contributed by atoms with Crippen LogP contribution in [0.5, 0.6) is 0 Å². The van der Waals surface area contributed by atoms with Gasteiger partial charge < -0.3 is 10.2 Å². The van der Waals surface area contributed by atoms with Crippen LogP contribution < -0.4 is 10.2 Å². The lowest BCUT2D eigenvalue weighted by Crippen LogP contribution is -2.16. The third kappa shape index (κ3) is 3.01. The van der Waals surface area contributed by atoms with Crippen LogP contribution in [0.3, 0.4) is 0 Å². The minimum atomic E-state index is 0.188. The molecule has 5 heteroatoms. The predicted molar refractivity (Wildman–Crippen MR) is 88.0 cm³/mol. The van der Waals surface area contributed by atoms with Gasteiger partial charge >= 0.3 is 0 Å². The lowest BCUT2D eigenvalue weighted by atomic mass is 10.1. The molecule has 1 atom stereocenters. The van der Waals surface area contributed by atoms with Crippen molar-refractivity contribution >= 4 is 11.5 Å². The molecule has 1 unspecified atom stereocenters. The molecule has 0 amide bonds. The van der Waals surface area contributed by atoms with Crippen LogP contribution in [0.25, 0.3) is 0 Å². The van der Waals surface area contributed by atoms with E-state index in [0.717, 1.165) is 23.7 Å². The Kier molecular flexibility index (Phi) is 4.50. The van der Waals surface area contributed by atoms with E-state index in [1.807, 2.05) is 31.3 Å². The largest absolute Gasteiger partial charge is 0.375 e. The van der Waals surface area contributed by atoms with Crippen molar-refractivity contribution in [2.24, 2.45) is 0 Å². The number of anilines is 2. The smallest absolute Gasteiger partial charge is 0.151 e. The van der Waals surface area contributed by atoms with Crippen molar-refractivity contribution in [3.05, 3.63) is 35.3 Å². The highest BCUT2D eigenvalue weighted by molar-refractivity contribution is 5.65. The van der Waals surface area contributed by atoms with Crippen molar-refractivity contribution in [2.75, 3.05) is 24.3 Å². The summed E-state index contributed by atoms with van der Waals surface area (Å²) >= 11 is 0. The van der Waals surface area contributed by atoms with Crippen LogP contribution in [0.1, 0.15) is 36.8 Å². The number of pyridine rings is 1. The molecule has 0 bridgehead atoms. The lowest BCUT2D eigenvalue weighted by Gasteiger charge is -2.21. The molecule has 0 fully saturated rings. The van der Waals surface area contributed by atoms with Crippen molar-refractivity contribution in [3.63, 3.8) is 0 Å². The van der Waals surface area contributed by atoms with E-state index in [1.54, 1.807) is 0 Å². The average Bonchev–Trinajstić information content (AvgIpc) is 2.73. The number of hydrogen-bond donors (Lipinski definition) is 1. The molecule has 0 aliphatic rings. The lowest BCUT2D eigenvalue weighted by molar-refractivity contribution is 0.632. The van der Waals surface area contributed by atoms with Crippen LogP contribution in [0.2, 0.25) is 0 Å². The molecule has 0 aliphatic heterocycles. The standard InChI is InChI=1S/C16H25N5/c1-7-21-13(4)15(12(3)19-21)11(2)18-14-9-8-10-17-16(14)20(5)6/h8-11,18H,7H2,1-6H3. The van der Waals surface area contributed by atoms with Crippen LogP contribution in [0.15, 0.2) is 18.3 Å². The Hall–Kier alpha value is -2.04. The molecule has 0 aliphatic carbocycles. The summed E-state index contributed by atoms with van der Waals surface area (Å²) in [5.74, 6) is 0.947. The van der Waals surface area contributed by atoms with Gasteiger partial charge in [-0.05, 0) is 39.8 Å². The molecule has 5 nitrogen and oxygen atoms in total. The monoisotopic (exact) mass is 287 g/mol. The first-order valence-corrected chi connectivity index (χ1v) is 7.38. The second kappa shape index (κ2) is 6.16. The van der Waals surface area contributed by atoms with Crippen LogP contribution in [-0.2, 0) is 6.54 Å². The molecule has 0 spiro atoms. The van der Waals surface area contributed by atoms with Gasteiger partial charge in [0.15, 0.2) is 5.82 Å². The fraction of sp³-hybridized carbons (Fsp3) is 0.500. The van der Waals surface area contributed by atoms with E-state index in [2.05, 4.69) is 53.8 Å². The van der Waals surface area contributed by atoms with Gasteiger partial charge in [-0.3, -0.25) is 4.68 Å². The van der Waals surface area contributed by atoms with Gasteiger partial charge in [0.05, 0.1) is 17.4 Å². The molecule has 0 radical (unpaired) electrons. The second-order valence-corrected chi connectivity index (χ2v) is 5.54. The summed E-state index contributed by atoms with van der Waals surface area (Å²) in [6.07, 6.45) is 1.82. The molecule has 2 heterocycles. The van der Waals surface area contributed by atoms with E-state index in [-0.39, 0.29) is 6.04 Å². The Bertz CT molecular complexity index is 615. The van der Waals surface area contributed by atoms with Crippen LogP contribution in [-0.4, -0.2) is 28.9 Å². The van der Waals surface area contributed by atoms with Crippen LogP contribution in [0, 0.1) is 13.8 Å². The number of nitrogens with zero attached hydrogens (tertiary/aromatic N) is 4. The number of hydrogen-bond acceptors (Lipinski definition) is 4. The Morgan fingerprint density at radius 3 is 2.62 bits per heavy atom. The number of nitrogens with one attached hydrogen (secondary N) is 1. The molecule has 21 heavy (non-hydrogen) atoms. The first kappa shape index (κ1) is 15.4. The van der Waals surface area contributed by atoms with Gasteiger partial charge in [0.2, 0.25) is 0 Å². The van der Waals surface area contributed by atoms with E-state index >= 15 is 0 Å². The van der Waals surface area contributed by atoms with Crippen molar-refractivity contribution < 1.29 is 0 Å². The van der Waals surface area contributed by atoms with Crippen molar-refractivity contribution in [2.45, 2.75) is 40.3 Å². The summed E-state index contributed by atoms with van der Waals surface area (Å²) in [6, 6.07) is 4.21. The first-order chi connectivity index (χ1) is 9.95. The fourth-order valence-electron chi connectivity index (χ4n) is 2.82. The zero-order valence-corrected chi connectivity index (χ0v) is 13.8. The van der Waals surface area contributed by atoms with E-state index in [4.69, 9.17) is 0 Å². The maximum Gasteiger partial charge on any atom is 0.151 e. The average molecular weight is 287 g/mol. The Morgan fingerprint density at radius 2 is 2.05 bits per heavy atom. The number of aromatic nitrogens is 3. The van der Waals surface area contributed by atoms with Gasteiger partial charge in [0, 0.05) is 38.1 Å². The maximum atomic E-state index is 4.60. The van der Waals surface area contributed by atoms with Gasteiger partial charge in [-0.15, -0.1) is 0 Å². The van der Waals surface area contributed by atoms with Crippen LogP contribution >= 0.6 is 0 Å². The first-order valence-electron chi connectivity index (χ1n) is 7.38. The molecule has 2 rings (SSSR count). The zero-order chi connectivity index (χ0) is 15.6. The minimum absolute atomic E-state index is 0.188. The number of rotatable bonds is 5.